The average molecular weight is 352 g/mol. The molecule has 0 unspecified atom stereocenters. The van der Waals surface area contributed by atoms with E-state index in [1.807, 2.05) is 48.5 Å². The fourth-order valence-electron chi connectivity index (χ4n) is 2.56. The molecular weight excluding hydrogens is 336 g/mol. The normalized spacial score (nSPS) is 18.8. The molecule has 2 heterocycles. The zero-order valence-corrected chi connectivity index (χ0v) is 14.4. The predicted molar refractivity (Wildman–Crippen MR) is 99.2 cm³/mol. The number of hydrogen-bond donors (Lipinski definition) is 1. The molecule has 5 nitrogen and oxygen atoms in total. The molecule has 0 aromatic heterocycles. The average Bonchev–Trinajstić information content (AvgIpc) is 3.22. The maximum Gasteiger partial charge on any atom is 0.264 e. The number of rotatable bonds is 3. The summed E-state index contributed by atoms with van der Waals surface area (Å²) in [5, 5.41) is 3.39. The van der Waals surface area contributed by atoms with Gasteiger partial charge < -0.3 is 14.8 Å². The lowest BCUT2D eigenvalue weighted by atomic mass is 10.2. The Morgan fingerprint density at radius 3 is 2.76 bits per heavy atom. The molecular formula is C19H16N2O3S. The van der Waals surface area contributed by atoms with Gasteiger partial charge in [-0.3, -0.25) is 4.79 Å². The van der Waals surface area contributed by atoms with Gasteiger partial charge in [0.1, 0.15) is 0 Å². The van der Waals surface area contributed by atoms with Crippen LogP contribution in [-0.4, -0.2) is 17.9 Å². The molecule has 25 heavy (non-hydrogen) atoms. The van der Waals surface area contributed by atoms with E-state index in [1.54, 1.807) is 0 Å². The molecule has 0 saturated carbocycles. The minimum absolute atomic E-state index is 0.147. The topological polar surface area (TPSA) is 59.9 Å². The summed E-state index contributed by atoms with van der Waals surface area (Å²) in [6.07, 6.45) is 2.81. The Morgan fingerprint density at radius 1 is 1.16 bits per heavy atom. The second-order valence-corrected chi connectivity index (χ2v) is 6.65. The highest BCUT2D eigenvalue weighted by Crippen LogP contribution is 2.34. The van der Waals surface area contributed by atoms with E-state index in [0.717, 1.165) is 23.4 Å². The maximum atomic E-state index is 12.2. The van der Waals surface area contributed by atoms with E-state index in [0.29, 0.717) is 15.8 Å². The summed E-state index contributed by atoms with van der Waals surface area (Å²) >= 11 is 1.33. The quantitative estimate of drug-likeness (QED) is 0.852. The van der Waals surface area contributed by atoms with E-state index in [1.165, 1.54) is 17.3 Å². The van der Waals surface area contributed by atoms with E-state index < -0.39 is 0 Å². The van der Waals surface area contributed by atoms with Crippen LogP contribution < -0.4 is 14.8 Å². The third-order valence-corrected chi connectivity index (χ3v) is 4.83. The van der Waals surface area contributed by atoms with Crippen molar-refractivity contribution in [2.45, 2.75) is 13.3 Å². The van der Waals surface area contributed by atoms with Gasteiger partial charge in [-0.1, -0.05) is 25.1 Å². The molecule has 1 amide bonds. The van der Waals surface area contributed by atoms with Crippen LogP contribution in [0.25, 0.3) is 6.08 Å². The van der Waals surface area contributed by atoms with Crippen molar-refractivity contribution in [3.05, 3.63) is 58.5 Å². The van der Waals surface area contributed by atoms with Crippen molar-refractivity contribution in [3.8, 4) is 11.5 Å². The molecule has 4 rings (SSSR count). The first kappa shape index (κ1) is 15.8. The zero-order chi connectivity index (χ0) is 17.2. The van der Waals surface area contributed by atoms with Gasteiger partial charge in [-0.05, 0) is 59.7 Å². The van der Waals surface area contributed by atoms with E-state index >= 15 is 0 Å². The number of nitrogens with zero attached hydrogens (tertiary/aromatic N) is 1. The predicted octanol–water partition coefficient (Wildman–Crippen LogP) is 3.87. The summed E-state index contributed by atoms with van der Waals surface area (Å²) in [5.41, 5.74) is 2.97. The van der Waals surface area contributed by atoms with Crippen molar-refractivity contribution in [1.29, 1.82) is 0 Å². The molecule has 1 saturated heterocycles. The van der Waals surface area contributed by atoms with Gasteiger partial charge in [-0.25, -0.2) is 4.99 Å². The maximum absolute atomic E-state index is 12.2. The summed E-state index contributed by atoms with van der Waals surface area (Å²) in [6.45, 7) is 2.35. The third kappa shape index (κ3) is 3.39. The molecule has 2 aliphatic rings. The van der Waals surface area contributed by atoms with Crippen LogP contribution >= 0.6 is 11.8 Å². The van der Waals surface area contributed by atoms with Gasteiger partial charge in [0.2, 0.25) is 6.79 Å². The van der Waals surface area contributed by atoms with Gasteiger partial charge in [0, 0.05) is 0 Å². The summed E-state index contributed by atoms with van der Waals surface area (Å²) in [4.78, 5) is 17.3. The second-order valence-electron chi connectivity index (χ2n) is 5.61. The minimum Gasteiger partial charge on any atom is -0.454 e. The van der Waals surface area contributed by atoms with Crippen molar-refractivity contribution in [1.82, 2.24) is 5.32 Å². The van der Waals surface area contributed by atoms with Crippen LogP contribution in [0.1, 0.15) is 18.1 Å². The van der Waals surface area contributed by atoms with Crippen molar-refractivity contribution in [2.75, 3.05) is 6.79 Å². The van der Waals surface area contributed by atoms with Crippen LogP contribution in [0.5, 0.6) is 11.5 Å². The van der Waals surface area contributed by atoms with Gasteiger partial charge in [0.05, 0.1) is 10.6 Å². The van der Waals surface area contributed by atoms with Crippen molar-refractivity contribution in [2.24, 2.45) is 4.99 Å². The molecule has 1 fully saturated rings. The highest BCUT2D eigenvalue weighted by atomic mass is 32.2. The van der Waals surface area contributed by atoms with E-state index in [4.69, 9.17) is 9.47 Å². The lowest BCUT2D eigenvalue weighted by Crippen LogP contribution is -2.19. The molecule has 0 spiro atoms. The van der Waals surface area contributed by atoms with Crippen LogP contribution in [0.4, 0.5) is 5.69 Å². The SMILES string of the molecule is CCc1ccc(N=C2NC(=O)/C(=C\c3ccc4c(c3)OCO4)S2)cc1. The standard InChI is InChI=1S/C19H16N2O3S/c1-2-12-3-6-14(7-4-12)20-19-21-18(22)17(25-19)10-13-5-8-15-16(9-13)24-11-23-15/h3-10H,2,11H2,1H3,(H,20,21,22)/b17-10+. The molecule has 0 radical (unpaired) electrons. The highest BCUT2D eigenvalue weighted by molar-refractivity contribution is 8.18. The Bertz CT molecular complexity index is 888. The van der Waals surface area contributed by atoms with Crippen molar-refractivity contribution in [3.63, 3.8) is 0 Å². The number of aliphatic imine (C=N–C) groups is 1. The molecule has 2 aliphatic heterocycles. The number of aryl methyl sites for hydroxylation is 1. The van der Waals surface area contributed by atoms with E-state index in [2.05, 4.69) is 17.2 Å². The van der Waals surface area contributed by atoms with Crippen LogP contribution in [0.15, 0.2) is 52.4 Å². The fraction of sp³-hybridized carbons (Fsp3) is 0.158. The highest BCUT2D eigenvalue weighted by Gasteiger charge is 2.24. The van der Waals surface area contributed by atoms with E-state index in [9.17, 15) is 4.79 Å². The summed E-state index contributed by atoms with van der Waals surface area (Å²) in [7, 11) is 0. The Morgan fingerprint density at radius 2 is 1.96 bits per heavy atom. The number of amidine groups is 1. The first-order valence-electron chi connectivity index (χ1n) is 7.99. The monoisotopic (exact) mass is 352 g/mol. The fourth-order valence-corrected chi connectivity index (χ4v) is 3.40. The number of benzene rings is 2. The summed E-state index contributed by atoms with van der Waals surface area (Å²) in [6, 6.07) is 13.6. The number of thioether (sulfide) groups is 1. The molecule has 6 heteroatoms. The van der Waals surface area contributed by atoms with Crippen LogP contribution in [0.3, 0.4) is 0 Å². The molecule has 1 N–H and O–H groups in total. The van der Waals surface area contributed by atoms with Crippen LogP contribution in [-0.2, 0) is 11.2 Å². The van der Waals surface area contributed by atoms with Crippen LogP contribution in [0.2, 0.25) is 0 Å². The van der Waals surface area contributed by atoms with Gasteiger partial charge in [-0.2, -0.15) is 0 Å². The number of carbonyl (C=O) groups is 1. The molecule has 0 bridgehead atoms. The first-order valence-corrected chi connectivity index (χ1v) is 8.81. The summed E-state index contributed by atoms with van der Waals surface area (Å²) < 4.78 is 10.7. The first-order chi connectivity index (χ1) is 12.2. The largest absolute Gasteiger partial charge is 0.454 e. The molecule has 2 aromatic rings. The second kappa shape index (κ2) is 6.64. The third-order valence-electron chi connectivity index (χ3n) is 3.92. The Balaban J connectivity index is 1.54. The Labute approximate surface area is 149 Å². The number of fused-ring (bicyclic) bond motifs is 1. The number of carbonyl (C=O) groups excluding carboxylic acids is 1. The lowest BCUT2D eigenvalue weighted by Gasteiger charge is -1.99. The molecule has 0 atom stereocenters. The van der Waals surface area contributed by atoms with Gasteiger partial charge in [-0.15, -0.1) is 0 Å². The lowest BCUT2D eigenvalue weighted by molar-refractivity contribution is -0.115. The van der Waals surface area contributed by atoms with Crippen LogP contribution in [0, 0.1) is 0 Å². The molecule has 2 aromatic carbocycles. The molecule has 0 aliphatic carbocycles. The number of hydrogen-bond acceptors (Lipinski definition) is 5. The molecule has 126 valence electrons. The summed E-state index contributed by atoms with van der Waals surface area (Å²) in [5.74, 6) is 1.28. The zero-order valence-electron chi connectivity index (χ0n) is 13.6. The van der Waals surface area contributed by atoms with E-state index in [-0.39, 0.29) is 12.7 Å². The van der Waals surface area contributed by atoms with Gasteiger partial charge in [0.25, 0.3) is 5.91 Å². The van der Waals surface area contributed by atoms with Gasteiger partial charge in [0.15, 0.2) is 16.7 Å². The number of nitrogens with one attached hydrogen (secondary N) is 1. The smallest absolute Gasteiger partial charge is 0.264 e. The number of ether oxygens (including phenoxy) is 2. The minimum atomic E-state index is -0.147. The van der Waals surface area contributed by atoms with Gasteiger partial charge >= 0.3 is 0 Å². The van der Waals surface area contributed by atoms with Crippen molar-refractivity contribution >= 4 is 34.6 Å². The van der Waals surface area contributed by atoms with Crippen molar-refractivity contribution < 1.29 is 14.3 Å². The Hall–Kier alpha value is -2.73. The number of amides is 1. The Kier molecular flexibility index (Phi) is 4.19.